The van der Waals surface area contributed by atoms with Crippen LogP contribution in [0.2, 0.25) is 5.15 Å². The maximum atomic E-state index is 12.7. The molecular weight excluding hydrogens is 438 g/mol. The summed E-state index contributed by atoms with van der Waals surface area (Å²) in [5.41, 5.74) is 3.21. The smallest absolute Gasteiger partial charge is 0.408 e. The first-order valence-corrected chi connectivity index (χ1v) is 11.7. The molecule has 1 aromatic carbocycles. The molecule has 1 aliphatic carbocycles. The summed E-state index contributed by atoms with van der Waals surface area (Å²) in [6.07, 6.45) is 4.21. The number of rotatable bonds is 2. The molecule has 7 nitrogen and oxygen atoms in total. The molecule has 1 saturated heterocycles. The molecule has 0 radical (unpaired) electrons. The monoisotopic (exact) mass is 465 g/mol. The summed E-state index contributed by atoms with van der Waals surface area (Å²) in [5.74, 6) is 0.841. The van der Waals surface area contributed by atoms with Crippen LogP contribution in [0.5, 0.6) is 0 Å². The fourth-order valence-corrected chi connectivity index (χ4v) is 5.26. The van der Waals surface area contributed by atoms with E-state index in [0.717, 1.165) is 43.7 Å². The highest BCUT2D eigenvalue weighted by molar-refractivity contribution is 6.29. The lowest BCUT2D eigenvalue weighted by Gasteiger charge is -2.43. The molecule has 2 aromatic heterocycles. The largest absolute Gasteiger partial charge is 0.444 e. The normalized spacial score (nSPS) is 19.5. The maximum absolute atomic E-state index is 12.7. The minimum Gasteiger partial charge on any atom is -0.444 e. The molecule has 5 rings (SSSR count). The lowest BCUT2D eigenvalue weighted by atomic mass is 9.72. The van der Waals surface area contributed by atoms with Crippen LogP contribution in [0.15, 0.2) is 42.6 Å². The van der Waals surface area contributed by atoms with Gasteiger partial charge in [-0.25, -0.2) is 19.7 Å². The Bertz CT molecular complexity index is 1200. The van der Waals surface area contributed by atoms with Gasteiger partial charge in [-0.15, -0.1) is 0 Å². The van der Waals surface area contributed by atoms with E-state index in [2.05, 4.69) is 38.4 Å². The van der Waals surface area contributed by atoms with Gasteiger partial charge in [0.15, 0.2) is 5.65 Å². The third kappa shape index (κ3) is 4.34. The van der Waals surface area contributed by atoms with Gasteiger partial charge in [0.25, 0.3) is 0 Å². The number of amides is 1. The summed E-state index contributed by atoms with van der Waals surface area (Å²) in [5, 5.41) is 3.62. The van der Waals surface area contributed by atoms with Crippen LogP contribution in [0, 0.1) is 5.41 Å². The molecule has 1 aliphatic heterocycles. The zero-order valence-electron chi connectivity index (χ0n) is 19.1. The summed E-state index contributed by atoms with van der Waals surface area (Å²) in [6.45, 7) is 7.33. The molecule has 0 unspecified atom stereocenters. The summed E-state index contributed by atoms with van der Waals surface area (Å²) in [4.78, 5) is 28.4. The van der Waals surface area contributed by atoms with E-state index >= 15 is 0 Å². The summed E-state index contributed by atoms with van der Waals surface area (Å²) in [7, 11) is 0. The quantitative estimate of drug-likeness (QED) is 0.531. The lowest BCUT2D eigenvalue weighted by molar-refractivity contribution is 0.0428. The molecule has 33 heavy (non-hydrogen) atoms. The summed E-state index contributed by atoms with van der Waals surface area (Å²) < 4.78 is 5.59. The molecule has 2 aliphatic rings. The lowest BCUT2D eigenvalue weighted by Crippen LogP contribution is -2.47. The molecule has 1 N–H and O–H groups in total. The van der Waals surface area contributed by atoms with E-state index in [0.29, 0.717) is 10.8 Å². The van der Waals surface area contributed by atoms with Crippen molar-refractivity contribution < 1.29 is 9.53 Å². The molecule has 1 spiro atoms. The van der Waals surface area contributed by atoms with Crippen molar-refractivity contribution >= 4 is 34.7 Å². The minimum absolute atomic E-state index is 0.0452. The predicted octanol–water partition coefficient (Wildman–Crippen LogP) is 5.09. The van der Waals surface area contributed by atoms with Crippen LogP contribution in [0.3, 0.4) is 0 Å². The number of anilines is 1. The van der Waals surface area contributed by atoms with Crippen LogP contribution in [0.4, 0.5) is 10.6 Å². The number of aromatic nitrogens is 3. The standard InChI is InChI=1S/C25H28ClN5O2/c1-24(2,3)33-23(32)30-21-17-7-5-4-6-16(17)14-25(21)10-12-31(13-11-25)20-15-27-22-18(28-20)8-9-19(26)29-22/h4-9,15,21H,10-14H2,1-3H3,(H,30,32)/t21-/m0/s1. The predicted molar refractivity (Wildman–Crippen MR) is 128 cm³/mol. The van der Waals surface area contributed by atoms with Gasteiger partial charge in [-0.2, -0.15) is 0 Å². The summed E-state index contributed by atoms with van der Waals surface area (Å²) >= 11 is 5.97. The van der Waals surface area contributed by atoms with Gasteiger partial charge in [-0.05, 0) is 63.3 Å². The molecule has 1 amide bonds. The molecule has 0 bridgehead atoms. The Morgan fingerprint density at radius 2 is 1.91 bits per heavy atom. The van der Waals surface area contributed by atoms with Crippen molar-refractivity contribution in [2.75, 3.05) is 18.0 Å². The maximum Gasteiger partial charge on any atom is 0.408 e. The van der Waals surface area contributed by atoms with E-state index in [9.17, 15) is 4.79 Å². The van der Waals surface area contributed by atoms with E-state index in [4.69, 9.17) is 21.3 Å². The molecule has 0 saturated carbocycles. The first-order valence-electron chi connectivity index (χ1n) is 11.3. The van der Waals surface area contributed by atoms with Gasteiger partial charge < -0.3 is 15.0 Å². The Hall–Kier alpha value is -2.93. The Balaban J connectivity index is 1.36. The number of carbonyl (C=O) groups excluding carboxylic acids is 1. The van der Waals surface area contributed by atoms with Gasteiger partial charge in [0, 0.05) is 18.5 Å². The Kier molecular flexibility index (Phi) is 5.40. The van der Waals surface area contributed by atoms with E-state index < -0.39 is 5.60 Å². The second kappa shape index (κ2) is 8.13. The number of nitrogens with one attached hydrogen (secondary N) is 1. The van der Waals surface area contributed by atoms with Gasteiger partial charge in [-0.1, -0.05) is 35.9 Å². The average Bonchev–Trinajstić information content (AvgIpc) is 3.05. The molecule has 1 atom stereocenters. The number of ether oxygens (including phenoxy) is 1. The number of alkyl carbamates (subject to hydrolysis) is 1. The van der Waals surface area contributed by atoms with Crippen molar-refractivity contribution in [2.24, 2.45) is 5.41 Å². The van der Waals surface area contributed by atoms with E-state index in [1.807, 2.05) is 32.9 Å². The van der Waals surface area contributed by atoms with E-state index in [-0.39, 0.29) is 17.6 Å². The van der Waals surface area contributed by atoms with Crippen molar-refractivity contribution in [3.8, 4) is 0 Å². The highest BCUT2D eigenvalue weighted by Crippen LogP contribution is 2.52. The second-order valence-corrected chi connectivity index (χ2v) is 10.4. The SMILES string of the molecule is CC(C)(C)OC(=O)N[C@H]1c2ccccc2CC12CCN(c1cnc3nc(Cl)ccc3n1)CC2. The average molecular weight is 466 g/mol. The van der Waals surface area contributed by atoms with Crippen LogP contribution < -0.4 is 10.2 Å². The number of nitrogens with zero attached hydrogens (tertiary/aromatic N) is 4. The summed E-state index contributed by atoms with van der Waals surface area (Å²) in [6, 6.07) is 11.9. The van der Waals surface area contributed by atoms with Crippen LogP contribution in [0.25, 0.3) is 11.2 Å². The van der Waals surface area contributed by atoms with Crippen molar-refractivity contribution in [2.45, 2.75) is 51.7 Å². The number of benzene rings is 1. The zero-order chi connectivity index (χ0) is 23.2. The number of fused-ring (bicyclic) bond motifs is 2. The molecule has 3 aromatic rings. The topological polar surface area (TPSA) is 80.2 Å². The third-order valence-corrected chi connectivity index (χ3v) is 6.83. The minimum atomic E-state index is -0.535. The molecular formula is C25H28ClN5O2. The zero-order valence-corrected chi connectivity index (χ0v) is 19.9. The molecule has 8 heteroatoms. The van der Waals surface area contributed by atoms with Gasteiger partial charge in [0.2, 0.25) is 0 Å². The van der Waals surface area contributed by atoms with Crippen LogP contribution in [0.1, 0.15) is 50.8 Å². The molecule has 172 valence electrons. The Labute approximate surface area is 198 Å². The van der Waals surface area contributed by atoms with Gasteiger partial charge in [0.1, 0.15) is 22.1 Å². The first kappa shape index (κ1) is 21.9. The number of hydrogen-bond donors (Lipinski definition) is 1. The van der Waals surface area contributed by atoms with Crippen molar-refractivity contribution in [3.63, 3.8) is 0 Å². The van der Waals surface area contributed by atoms with Crippen LogP contribution in [-0.2, 0) is 11.2 Å². The Morgan fingerprint density at radius 3 is 2.67 bits per heavy atom. The first-order chi connectivity index (χ1) is 15.7. The van der Waals surface area contributed by atoms with E-state index in [1.165, 1.54) is 11.1 Å². The second-order valence-electron chi connectivity index (χ2n) is 10.0. The molecule has 1 fully saturated rings. The van der Waals surface area contributed by atoms with E-state index in [1.54, 1.807) is 12.3 Å². The number of carbonyl (C=O) groups is 1. The van der Waals surface area contributed by atoms with Crippen molar-refractivity contribution in [3.05, 3.63) is 58.9 Å². The fourth-order valence-electron chi connectivity index (χ4n) is 5.11. The number of piperidine rings is 1. The number of pyridine rings is 1. The van der Waals surface area contributed by atoms with Gasteiger partial charge in [-0.3, -0.25) is 0 Å². The van der Waals surface area contributed by atoms with Crippen LogP contribution >= 0.6 is 11.6 Å². The van der Waals surface area contributed by atoms with Crippen molar-refractivity contribution in [1.82, 2.24) is 20.3 Å². The number of hydrogen-bond acceptors (Lipinski definition) is 6. The third-order valence-electron chi connectivity index (χ3n) is 6.62. The van der Waals surface area contributed by atoms with Crippen LogP contribution in [-0.4, -0.2) is 39.7 Å². The molecule has 3 heterocycles. The fraction of sp³-hybridized carbons (Fsp3) is 0.440. The number of halogens is 1. The van der Waals surface area contributed by atoms with Gasteiger partial charge in [0.05, 0.1) is 12.2 Å². The van der Waals surface area contributed by atoms with Gasteiger partial charge >= 0.3 is 6.09 Å². The Morgan fingerprint density at radius 1 is 1.15 bits per heavy atom. The van der Waals surface area contributed by atoms with Crippen molar-refractivity contribution in [1.29, 1.82) is 0 Å². The highest BCUT2D eigenvalue weighted by atomic mass is 35.5. The highest BCUT2D eigenvalue weighted by Gasteiger charge is 2.48.